The van der Waals surface area contributed by atoms with Crippen LogP contribution in [0.4, 0.5) is 23.7 Å². The van der Waals surface area contributed by atoms with Crippen LogP contribution in [0.1, 0.15) is 24.8 Å². The molecule has 40 heavy (non-hydrogen) atoms. The fraction of sp³-hybridized carbons (Fsp3) is 0.385. The lowest BCUT2D eigenvalue weighted by Gasteiger charge is -2.53. The number of urea groups is 1. The van der Waals surface area contributed by atoms with Crippen LogP contribution in [0.2, 0.25) is 0 Å². The van der Waals surface area contributed by atoms with Crippen molar-refractivity contribution in [3.05, 3.63) is 55.0 Å². The second kappa shape index (κ2) is 9.91. The number of alkyl halides is 3. The first-order chi connectivity index (χ1) is 19.3. The lowest BCUT2D eigenvalue weighted by Crippen LogP contribution is -2.66. The number of amides is 2. The van der Waals surface area contributed by atoms with Crippen LogP contribution < -0.4 is 5.32 Å². The average Bonchev–Trinajstić information content (AvgIpc) is 3.61. The van der Waals surface area contributed by atoms with Crippen LogP contribution >= 0.6 is 0 Å². The number of carbonyl (C=O) groups excluding carboxylic acids is 1. The van der Waals surface area contributed by atoms with Crippen molar-refractivity contribution in [2.75, 3.05) is 31.5 Å². The standard InChI is InChI=1S/C26H25F3N10O/c27-26(28,29)20-2-7-31-12-21(20)36-24(40)37-9-3-18(4-10-37)38-14-25(15-38,5-6-30)39-13-17(11-35-39)22-19-1-8-32-23(19)34-16-33-22/h1-2,7-8,11-13,16,18H,3-5,9-10,14-15H2,(H,36,40)(H,32,33,34). The largest absolute Gasteiger partial charge is 0.418 e. The number of nitriles is 1. The van der Waals surface area contributed by atoms with E-state index in [1.54, 1.807) is 6.20 Å². The highest BCUT2D eigenvalue weighted by Crippen LogP contribution is 2.38. The SMILES string of the molecule is N#CCC1(n2cc(-c3ncnc4[nH]ccc34)cn2)CN(C2CCN(C(=O)Nc3cnccc3C(F)(F)F)CC2)C1. The average molecular weight is 551 g/mol. The van der Waals surface area contributed by atoms with Gasteiger partial charge in [-0.2, -0.15) is 23.5 Å². The smallest absolute Gasteiger partial charge is 0.346 e. The van der Waals surface area contributed by atoms with E-state index in [-0.39, 0.29) is 11.7 Å². The van der Waals surface area contributed by atoms with Crippen molar-refractivity contribution >= 4 is 22.8 Å². The van der Waals surface area contributed by atoms with Gasteiger partial charge in [-0.05, 0) is 25.0 Å². The summed E-state index contributed by atoms with van der Waals surface area (Å²) < 4.78 is 41.7. The monoisotopic (exact) mass is 550 g/mol. The molecule has 0 bridgehead atoms. The summed E-state index contributed by atoms with van der Waals surface area (Å²) in [5.41, 5.74) is 0.577. The topological polar surface area (TPSA) is 132 Å². The molecule has 4 aromatic rings. The Bertz CT molecular complexity index is 1580. The highest BCUT2D eigenvalue weighted by atomic mass is 19.4. The molecule has 0 radical (unpaired) electrons. The molecule has 4 aromatic heterocycles. The van der Waals surface area contributed by atoms with E-state index in [0.717, 1.165) is 40.8 Å². The number of piperidine rings is 1. The molecule has 2 N–H and O–H groups in total. The van der Waals surface area contributed by atoms with E-state index in [2.05, 4.69) is 41.3 Å². The fourth-order valence-corrected chi connectivity index (χ4v) is 5.63. The van der Waals surface area contributed by atoms with Gasteiger partial charge in [-0.1, -0.05) is 0 Å². The van der Waals surface area contributed by atoms with Gasteiger partial charge >= 0.3 is 12.2 Å². The van der Waals surface area contributed by atoms with E-state index in [0.29, 0.717) is 45.4 Å². The number of halogens is 3. The Kier molecular flexibility index (Phi) is 6.38. The molecule has 11 nitrogen and oxygen atoms in total. The molecule has 0 aliphatic carbocycles. The molecule has 2 aliphatic rings. The van der Waals surface area contributed by atoms with Crippen molar-refractivity contribution in [3.8, 4) is 17.3 Å². The molecule has 2 saturated heterocycles. The van der Waals surface area contributed by atoms with Crippen LogP contribution in [0, 0.1) is 11.3 Å². The number of rotatable bonds is 5. The summed E-state index contributed by atoms with van der Waals surface area (Å²) >= 11 is 0. The van der Waals surface area contributed by atoms with Gasteiger partial charge in [-0.15, -0.1) is 0 Å². The zero-order valence-corrected chi connectivity index (χ0v) is 21.3. The minimum absolute atomic E-state index is 0.191. The molecule has 14 heteroatoms. The van der Waals surface area contributed by atoms with Gasteiger partial charge in [0.1, 0.15) is 17.5 Å². The highest BCUT2D eigenvalue weighted by Gasteiger charge is 2.48. The molecule has 6 rings (SSSR count). The van der Waals surface area contributed by atoms with E-state index in [4.69, 9.17) is 0 Å². The van der Waals surface area contributed by atoms with Crippen LogP contribution in [-0.2, 0) is 11.7 Å². The Balaban J connectivity index is 1.09. The van der Waals surface area contributed by atoms with Crippen LogP contribution in [0.25, 0.3) is 22.3 Å². The fourth-order valence-electron chi connectivity index (χ4n) is 5.63. The number of hydrogen-bond acceptors (Lipinski definition) is 7. The zero-order chi connectivity index (χ0) is 27.9. The predicted molar refractivity (Wildman–Crippen MR) is 138 cm³/mol. The van der Waals surface area contributed by atoms with E-state index >= 15 is 0 Å². The number of carbonyl (C=O) groups is 1. The van der Waals surface area contributed by atoms with Gasteiger partial charge in [0, 0.05) is 61.8 Å². The third kappa shape index (κ3) is 4.62. The first kappa shape index (κ1) is 25.8. The van der Waals surface area contributed by atoms with E-state index < -0.39 is 23.3 Å². The maximum atomic E-state index is 13.3. The van der Waals surface area contributed by atoms with Crippen molar-refractivity contribution in [1.29, 1.82) is 5.26 Å². The number of nitrogens with zero attached hydrogens (tertiary/aromatic N) is 8. The van der Waals surface area contributed by atoms with Crippen molar-refractivity contribution in [2.45, 2.75) is 37.0 Å². The number of aromatic nitrogens is 6. The minimum atomic E-state index is -4.59. The Labute approximate surface area is 226 Å². The van der Waals surface area contributed by atoms with Crippen molar-refractivity contribution in [2.24, 2.45) is 0 Å². The van der Waals surface area contributed by atoms with Gasteiger partial charge < -0.3 is 15.2 Å². The number of aromatic amines is 1. The molecule has 206 valence electrons. The summed E-state index contributed by atoms with van der Waals surface area (Å²) in [7, 11) is 0. The molecular weight excluding hydrogens is 525 g/mol. The Morgan fingerprint density at radius 2 is 2.00 bits per heavy atom. The number of hydrogen-bond donors (Lipinski definition) is 2. The summed E-state index contributed by atoms with van der Waals surface area (Å²) in [6, 6.07) is 4.67. The number of pyridine rings is 1. The molecule has 0 atom stereocenters. The van der Waals surface area contributed by atoms with E-state index in [9.17, 15) is 23.2 Å². The molecule has 0 spiro atoms. The third-order valence-electron chi connectivity index (χ3n) is 7.74. The lowest BCUT2D eigenvalue weighted by atomic mass is 9.84. The maximum absolute atomic E-state index is 13.3. The molecule has 6 heterocycles. The molecule has 2 fully saturated rings. The first-order valence-electron chi connectivity index (χ1n) is 12.8. The number of anilines is 1. The summed E-state index contributed by atoms with van der Waals surface area (Å²) in [4.78, 5) is 32.0. The quantitative estimate of drug-likeness (QED) is 0.386. The molecule has 0 unspecified atom stereocenters. The number of nitrogens with one attached hydrogen (secondary N) is 2. The summed E-state index contributed by atoms with van der Waals surface area (Å²) in [5, 5.41) is 17.4. The summed E-state index contributed by atoms with van der Waals surface area (Å²) in [6.45, 7) is 2.08. The second-order valence-corrected chi connectivity index (χ2v) is 10.2. The lowest BCUT2D eigenvalue weighted by molar-refractivity contribution is -0.137. The van der Waals surface area contributed by atoms with Crippen LogP contribution in [0.5, 0.6) is 0 Å². The Morgan fingerprint density at radius 1 is 1.20 bits per heavy atom. The van der Waals surface area contributed by atoms with Crippen molar-refractivity contribution in [1.82, 2.24) is 39.5 Å². The number of likely N-dealkylation sites (tertiary alicyclic amines) is 2. The second-order valence-electron chi connectivity index (χ2n) is 10.2. The summed E-state index contributed by atoms with van der Waals surface area (Å²) in [6.07, 6.45) is 6.08. The van der Waals surface area contributed by atoms with E-state index in [1.165, 1.54) is 11.2 Å². The zero-order valence-electron chi connectivity index (χ0n) is 21.3. The van der Waals surface area contributed by atoms with Crippen LogP contribution in [0.3, 0.4) is 0 Å². The molecule has 0 saturated carbocycles. The van der Waals surface area contributed by atoms with Gasteiger partial charge in [-0.25, -0.2) is 14.8 Å². The van der Waals surface area contributed by atoms with Crippen LogP contribution in [0.15, 0.2) is 49.4 Å². The van der Waals surface area contributed by atoms with Gasteiger partial charge in [0.2, 0.25) is 0 Å². The normalized spacial score (nSPS) is 17.9. The Morgan fingerprint density at radius 3 is 2.75 bits per heavy atom. The predicted octanol–water partition coefficient (Wildman–Crippen LogP) is 3.86. The number of H-pyrrole nitrogens is 1. The maximum Gasteiger partial charge on any atom is 0.418 e. The van der Waals surface area contributed by atoms with Gasteiger partial charge in [0.25, 0.3) is 0 Å². The first-order valence-corrected chi connectivity index (χ1v) is 12.8. The van der Waals surface area contributed by atoms with Crippen molar-refractivity contribution < 1.29 is 18.0 Å². The summed E-state index contributed by atoms with van der Waals surface area (Å²) in [5.74, 6) is 0. The Hall–Kier alpha value is -4.51. The van der Waals surface area contributed by atoms with E-state index in [1.807, 2.05) is 23.1 Å². The van der Waals surface area contributed by atoms with Gasteiger partial charge in [-0.3, -0.25) is 14.6 Å². The van der Waals surface area contributed by atoms with Gasteiger partial charge in [0.05, 0.1) is 41.8 Å². The number of fused-ring (bicyclic) bond motifs is 1. The molecule has 2 amide bonds. The van der Waals surface area contributed by atoms with Gasteiger partial charge in [0.15, 0.2) is 0 Å². The van der Waals surface area contributed by atoms with Crippen molar-refractivity contribution in [3.63, 3.8) is 0 Å². The molecule has 2 aliphatic heterocycles. The molecule has 0 aromatic carbocycles. The highest BCUT2D eigenvalue weighted by molar-refractivity contribution is 5.90. The third-order valence-corrected chi connectivity index (χ3v) is 7.74. The van der Waals surface area contributed by atoms with Crippen LogP contribution in [-0.4, -0.2) is 77.8 Å². The minimum Gasteiger partial charge on any atom is -0.346 e. The molecular formula is C26H25F3N10O.